The van der Waals surface area contributed by atoms with Gasteiger partial charge < -0.3 is 16.2 Å². The van der Waals surface area contributed by atoms with Crippen molar-refractivity contribution in [3.8, 4) is 0 Å². The Morgan fingerprint density at radius 3 is 2.35 bits per heavy atom. The number of hydrogen-bond acceptors (Lipinski definition) is 3. The zero-order valence-electron chi connectivity index (χ0n) is 12.1. The summed E-state index contributed by atoms with van der Waals surface area (Å²) in [6, 6.07) is 14.2. The molecule has 0 saturated heterocycles. The highest BCUT2D eigenvalue weighted by Gasteiger charge is 2.10. The first-order valence-corrected chi connectivity index (χ1v) is 6.87. The minimum absolute atomic E-state index is 0.0400. The molecule has 1 unspecified atom stereocenters. The monoisotopic (exact) mass is 270 g/mol. The fraction of sp³-hybridized carbons (Fsp3) is 0.294. The topological polar surface area (TPSA) is 58.3 Å². The molecule has 0 aliphatic carbocycles. The molecule has 0 spiro atoms. The molecule has 0 fully saturated rings. The molecule has 0 aliphatic heterocycles. The van der Waals surface area contributed by atoms with E-state index in [4.69, 9.17) is 5.73 Å². The maximum atomic E-state index is 9.56. The fourth-order valence-corrected chi connectivity index (χ4v) is 2.18. The minimum Gasteiger partial charge on any atom is -0.397 e. The van der Waals surface area contributed by atoms with Gasteiger partial charge in [-0.05, 0) is 43.5 Å². The molecule has 1 atom stereocenters. The number of nitrogens with two attached hydrogens (primary N) is 1. The number of aliphatic hydroxyl groups excluding tert-OH is 1. The van der Waals surface area contributed by atoms with E-state index >= 15 is 0 Å². The first-order valence-electron chi connectivity index (χ1n) is 6.87. The molecule has 0 amide bonds. The Morgan fingerprint density at radius 1 is 1.05 bits per heavy atom. The Morgan fingerprint density at radius 2 is 1.70 bits per heavy atom. The lowest BCUT2D eigenvalue weighted by atomic mass is 10.0. The van der Waals surface area contributed by atoms with Gasteiger partial charge in [0.15, 0.2) is 0 Å². The smallest absolute Gasteiger partial charge is 0.0636 e. The van der Waals surface area contributed by atoms with Crippen LogP contribution in [0.2, 0.25) is 0 Å². The summed E-state index contributed by atoms with van der Waals surface area (Å²) in [6.07, 6.45) is 0.768. The highest BCUT2D eigenvalue weighted by atomic mass is 16.3. The number of rotatable bonds is 5. The van der Waals surface area contributed by atoms with Crippen molar-refractivity contribution >= 4 is 11.4 Å². The zero-order valence-corrected chi connectivity index (χ0v) is 12.1. The van der Waals surface area contributed by atoms with Gasteiger partial charge in [0, 0.05) is 0 Å². The predicted octanol–water partition coefficient (Wildman–Crippen LogP) is 2.90. The molecular formula is C17H22N2O. The van der Waals surface area contributed by atoms with Crippen molar-refractivity contribution in [3.63, 3.8) is 0 Å². The Hall–Kier alpha value is -2.00. The van der Waals surface area contributed by atoms with E-state index in [0.29, 0.717) is 5.69 Å². The van der Waals surface area contributed by atoms with Crippen molar-refractivity contribution in [2.45, 2.75) is 26.3 Å². The van der Waals surface area contributed by atoms with E-state index in [1.807, 2.05) is 25.1 Å². The number of nitrogens with one attached hydrogen (secondary N) is 1. The first kappa shape index (κ1) is 14.4. The van der Waals surface area contributed by atoms with Crippen molar-refractivity contribution in [2.75, 3.05) is 17.7 Å². The number of anilines is 2. The third-order valence-electron chi connectivity index (χ3n) is 3.39. The molecule has 4 N–H and O–H groups in total. The molecule has 2 aromatic rings. The Kier molecular flexibility index (Phi) is 4.64. The molecule has 3 heteroatoms. The third kappa shape index (κ3) is 3.75. The summed E-state index contributed by atoms with van der Waals surface area (Å²) in [4.78, 5) is 0. The van der Waals surface area contributed by atoms with Crippen molar-refractivity contribution in [1.82, 2.24) is 0 Å². The van der Waals surface area contributed by atoms with Gasteiger partial charge in [-0.1, -0.05) is 35.9 Å². The van der Waals surface area contributed by atoms with Crippen LogP contribution in [-0.2, 0) is 6.42 Å². The quantitative estimate of drug-likeness (QED) is 0.732. The maximum absolute atomic E-state index is 9.56. The van der Waals surface area contributed by atoms with Crippen LogP contribution in [0.3, 0.4) is 0 Å². The Balaban J connectivity index is 2.08. The lowest BCUT2D eigenvalue weighted by Crippen LogP contribution is -2.26. The molecule has 0 bridgehead atoms. The number of benzene rings is 2. The van der Waals surface area contributed by atoms with Gasteiger partial charge in [-0.3, -0.25) is 0 Å². The van der Waals surface area contributed by atoms with E-state index in [9.17, 15) is 5.11 Å². The fourth-order valence-electron chi connectivity index (χ4n) is 2.18. The second kappa shape index (κ2) is 6.44. The number of hydrogen-bond donors (Lipinski definition) is 3. The van der Waals surface area contributed by atoms with Gasteiger partial charge in [-0.15, -0.1) is 0 Å². The van der Waals surface area contributed by atoms with Gasteiger partial charge in [0.05, 0.1) is 24.0 Å². The summed E-state index contributed by atoms with van der Waals surface area (Å²) in [5.41, 5.74) is 11.1. The van der Waals surface area contributed by atoms with Crippen LogP contribution in [0.1, 0.15) is 16.7 Å². The summed E-state index contributed by atoms with van der Waals surface area (Å²) >= 11 is 0. The second-order valence-electron chi connectivity index (χ2n) is 5.30. The van der Waals surface area contributed by atoms with Gasteiger partial charge >= 0.3 is 0 Å². The maximum Gasteiger partial charge on any atom is 0.0636 e. The van der Waals surface area contributed by atoms with Crippen molar-refractivity contribution in [2.24, 2.45) is 0 Å². The summed E-state index contributed by atoms with van der Waals surface area (Å²) < 4.78 is 0. The van der Waals surface area contributed by atoms with E-state index in [-0.39, 0.29) is 12.6 Å². The largest absolute Gasteiger partial charge is 0.397 e. The normalized spacial score (nSPS) is 12.2. The third-order valence-corrected chi connectivity index (χ3v) is 3.39. The van der Waals surface area contributed by atoms with Crippen LogP contribution in [0.4, 0.5) is 11.4 Å². The highest BCUT2D eigenvalue weighted by Crippen LogP contribution is 2.21. The lowest BCUT2D eigenvalue weighted by Gasteiger charge is -2.19. The average molecular weight is 270 g/mol. The lowest BCUT2D eigenvalue weighted by molar-refractivity contribution is 0.274. The minimum atomic E-state index is -0.0400. The standard InChI is InChI=1S/C17H22N2O/c1-12-3-6-14(7-4-12)10-15(11-20)19-17-9-13(2)5-8-16(17)18/h3-9,15,19-20H,10-11,18H2,1-2H3. The Labute approximate surface area is 120 Å². The molecule has 0 saturated carbocycles. The highest BCUT2D eigenvalue weighted by molar-refractivity contribution is 5.67. The Bertz CT molecular complexity index is 564. The molecule has 2 aromatic carbocycles. The van der Waals surface area contributed by atoms with E-state index in [1.54, 1.807) is 0 Å². The number of nitrogen functional groups attached to an aromatic ring is 1. The average Bonchev–Trinajstić information content (AvgIpc) is 2.44. The van der Waals surface area contributed by atoms with Crippen LogP contribution in [0, 0.1) is 13.8 Å². The molecule has 0 aliphatic rings. The summed E-state index contributed by atoms with van der Waals surface area (Å²) in [5, 5.41) is 12.9. The van der Waals surface area contributed by atoms with Crippen LogP contribution < -0.4 is 11.1 Å². The molecule has 0 radical (unpaired) electrons. The van der Waals surface area contributed by atoms with Crippen LogP contribution in [0.5, 0.6) is 0 Å². The summed E-state index contributed by atoms with van der Waals surface area (Å²) in [6.45, 7) is 4.17. The molecule has 20 heavy (non-hydrogen) atoms. The molecule has 106 valence electrons. The van der Waals surface area contributed by atoms with E-state index in [1.165, 1.54) is 11.1 Å². The van der Waals surface area contributed by atoms with Crippen molar-refractivity contribution in [1.29, 1.82) is 0 Å². The molecular weight excluding hydrogens is 248 g/mol. The van der Waals surface area contributed by atoms with E-state index in [0.717, 1.165) is 17.7 Å². The number of aryl methyl sites for hydroxylation is 2. The zero-order chi connectivity index (χ0) is 14.5. The molecule has 2 rings (SSSR count). The summed E-state index contributed by atoms with van der Waals surface area (Å²) in [5.74, 6) is 0. The molecule has 3 nitrogen and oxygen atoms in total. The SMILES string of the molecule is Cc1ccc(CC(CO)Nc2cc(C)ccc2N)cc1. The first-order chi connectivity index (χ1) is 9.58. The molecule has 0 heterocycles. The van der Waals surface area contributed by atoms with Gasteiger partial charge in [-0.2, -0.15) is 0 Å². The summed E-state index contributed by atoms with van der Waals surface area (Å²) in [7, 11) is 0. The van der Waals surface area contributed by atoms with Crippen LogP contribution in [0.25, 0.3) is 0 Å². The van der Waals surface area contributed by atoms with Crippen LogP contribution in [0.15, 0.2) is 42.5 Å². The van der Waals surface area contributed by atoms with Gasteiger partial charge in [-0.25, -0.2) is 0 Å². The van der Waals surface area contributed by atoms with Gasteiger partial charge in [0.1, 0.15) is 0 Å². The van der Waals surface area contributed by atoms with Gasteiger partial charge in [0.25, 0.3) is 0 Å². The second-order valence-corrected chi connectivity index (χ2v) is 5.30. The van der Waals surface area contributed by atoms with Crippen LogP contribution in [-0.4, -0.2) is 17.8 Å². The van der Waals surface area contributed by atoms with Crippen molar-refractivity contribution < 1.29 is 5.11 Å². The van der Waals surface area contributed by atoms with Gasteiger partial charge in [0.2, 0.25) is 0 Å². The molecule has 0 aromatic heterocycles. The van der Waals surface area contributed by atoms with E-state index < -0.39 is 0 Å². The number of aliphatic hydroxyl groups is 1. The van der Waals surface area contributed by atoms with Crippen molar-refractivity contribution in [3.05, 3.63) is 59.2 Å². The van der Waals surface area contributed by atoms with Crippen LogP contribution >= 0.6 is 0 Å². The van der Waals surface area contributed by atoms with E-state index in [2.05, 4.69) is 36.5 Å². The predicted molar refractivity (Wildman–Crippen MR) is 85.0 cm³/mol.